The quantitative estimate of drug-likeness (QED) is 0.781. The van der Waals surface area contributed by atoms with Crippen LogP contribution in [0.2, 0.25) is 0 Å². The summed E-state index contributed by atoms with van der Waals surface area (Å²) in [6, 6.07) is 0. The number of H-pyrrole nitrogens is 1. The molecule has 1 fully saturated rings. The maximum absolute atomic E-state index is 11.7. The van der Waals surface area contributed by atoms with Crippen molar-refractivity contribution in [1.29, 1.82) is 0 Å². The summed E-state index contributed by atoms with van der Waals surface area (Å²) in [7, 11) is -3.04. The molecule has 1 aliphatic carbocycles. The van der Waals surface area contributed by atoms with Gasteiger partial charge in [-0.1, -0.05) is 0 Å². The van der Waals surface area contributed by atoms with Gasteiger partial charge in [-0.2, -0.15) is 5.10 Å². The SMILES string of the molecule is CS(=O)(=O)C1CCc2c(N3CCNCC3)n[nH]c21. The third-order valence-electron chi connectivity index (χ3n) is 3.79. The highest BCUT2D eigenvalue weighted by atomic mass is 32.2. The zero-order valence-electron chi connectivity index (χ0n) is 10.4. The summed E-state index contributed by atoms with van der Waals surface area (Å²) in [5.74, 6) is 0.956. The lowest BCUT2D eigenvalue weighted by atomic mass is 10.2. The second kappa shape index (κ2) is 4.24. The highest BCUT2D eigenvalue weighted by molar-refractivity contribution is 7.90. The highest BCUT2D eigenvalue weighted by Crippen LogP contribution is 2.39. The Kier molecular flexibility index (Phi) is 2.82. The van der Waals surface area contributed by atoms with E-state index in [1.165, 1.54) is 6.26 Å². The van der Waals surface area contributed by atoms with Crippen LogP contribution in [-0.4, -0.2) is 51.0 Å². The van der Waals surface area contributed by atoms with Crippen LogP contribution in [0.15, 0.2) is 0 Å². The lowest BCUT2D eigenvalue weighted by Gasteiger charge is -2.28. The molecule has 3 rings (SSSR count). The van der Waals surface area contributed by atoms with Crippen LogP contribution in [0.3, 0.4) is 0 Å². The Balaban J connectivity index is 1.92. The van der Waals surface area contributed by atoms with E-state index in [4.69, 9.17) is 0 Å². The van der Waals surface area contributed by atoms with Gasteiger partial charge in [-0.15, -0.1) is 0 Å². The first-order valence-corrected chi connectivity index (χ1v) is 8.24. The van der Waals surface area contributed by atoms with Gasteiger partial charge in [0.25, 0.3) is 0 Å². The number of aromatic amines is 1. The van der Waals surface area contributed by atoms with Gasteiger partial charge in [-0.25, -0.2) is 8.42 Å². The number of hydrogen-bond acceptors (Lipinski definition) is 5. The number of fused-ring (bicyclic) bond motifs is 1. The maximum Gasteiger partial charge on any atom is 0.156 e. The van der Waals surface area contributed by atoms with Crippen molar-refractivity contribution < 1.29 is 8.42 Å². The fraction of sp³-hybridized carbons (Fsp3) is 0.727. The summed E-state index contributed by atoms with van der Waals surface area (Å²) < 4.78 is 23.4. The molecule has 2 N–H and O–H groups in total. The van der Waals surface area contributed by atoms with E-state index < -0.39 is 15.1 Å². The van der Waals surface area contributed by atoms with Crippen molar-refractivity contribution in [2.45, 2.75) is 18.1 Å². The van der Waals surface area contributed by atoms with Crippen molar-refractivity contribution in [2.75, 3.05) is 37.3 Å². The molecule has 2 heterocycles. The second-order valence-corrected chi connectivity index (χ2v) is 7.26. The van der Waals surface area contributed by atoms with Crippen LogP contribution in [0.1, 0.15) is 22.9 Å². The first-order valence-electron chi connectivity index (χ1n) is 6.29. The average Bonchev–Trinajstić information content (AvgIpc) is 2.88. The van der Waals surface area contributed by atoms with Crippen molar-refractivity contribution in [3.05, 3.63) is 11.3 Å². The van der Waals surface area contributed by atoms with Crippen LogP contribution in [-0.2, 0) is 16.3 Å². The summed E-state index contributed by atoms with van der Waals surface area (Å²) in [6.07, 6.45) is 2.79. The number of nitrogens with one attached hydrogen (secondary N) is 2. The summed E-state index contributed by atoms with van der Waals surface area (Å²) in [5, 5.41) is 10.2. The van der Waals surface area contributed by atoms with E-state index in [1.807, 2.05) is 0 Å². The van der Waals surface area contributed by atoms with Gasteiger partial charge in [0, 0.05) is 38.0 Å². The second-order valence-electron chi connectivity index (χ2n) is 5.03. The Hall–Kier alpha value is -1.08. The molecule has 7 heteroatoms. The first-order chi connectivity index (χ1) is 8.57. The number of sulfone groups is 1. The normalized spacial score (nSPS) is 24.3. The van der Waals surface area contributed by atoms with Gasteiger partial charge in [0.05, 0.1) is 5.69 Å². The van der Waals surface area contributed by atoms with Gasteiger partial charge in [0.15, 0.2) is 15.7 Å². The van der Waals surface area contributed by atoms with Gasteiger partial charge < -0.3 is 10.2 Å². The number of piperazine rings is 1. The van der Waals surface area contributed by atoms with E-state index in [2.05, 4.69) is 20.4 Å². The summed E-state index contributed by atoms with van der Waals surface area (Å²) in [4.78, 5) is 2.23. The molecule has 0 bridgehead atoms. The van der Waals surface area contributed by atoms with Gasteiger partial charge in [0.1, 0.15) is 5.25 Å². The smallest absolute Gasteiger partial charge is 0.156 e. The number of rotatable bonds is 2. The number of nitrogens with zero attached hydrogens (tertiary/aromatic N) is 2. The molecule has 18 heavy (non-hydrogen) atoms. The van der Waals surface area contributed by atoms with Gasteiger partial charge in [0.2, 0.25) is 0 Å². The highest BCUT2D eigenvalue weighted by Gasteiger charge is 2.35. The third-order valence-corrected chi connectivity index (χ3v) is 5.29. The molecule has 1 aromatic heterocycles. The molecule has 1 unspecified atom stereocenters. The Morgan fingerprint density at radius 3 is 2.72 bits per heavy atom. The average molecular weight is 270 g/mol. The van der Waals surface area contributed by atoms with Crippen molar-refractivity contribution in [1.82, 2.24) is 15.5 Å². The van der Waals surface area contributed by atoms with E-state index in [0.717, 1.165) is 49.7 Å². The van der Waals surface area contributed by atoms with Crippen molar-refractivity contribution in [3.8, 4) is 0 Å². The number of aromatic nitrogens is 2. The monoisotopic (exact) mass is 270 g/mol. The molecule has 0 amide bonds. The zero-order chi connectivity index (χ0) is 12.8. The Bertz CT molecular complexity index is 545. The minimum Gasteiger partial charge on any atom is -0.352 e. The van der Waals surface area contributed by atoms with Gasteiger partial charge in [-0.05, 0) is 12.8 Å². The predicted octanol–water partition coefficient (Wildman–Crippen LogP) is -0.149. The molecule has 0 saturated carbocycles. The summed E-state index contributed by atoms with van der Waals surface area (Å²) >= 11 is 0. The van der Waals surface area contributed by atoms with Gasteiger partial charge >= 0.3 is 0 Å². The molecule has 1 aliphatic heterocycles. The third kappa shape index (κ3) is 1.91. The minimum absolute atomic E-state index is 0.392. The minimum atomic E-state index is -3.04. The van der Waals surface area contributed by atoms with Crippen LogP contribution in [0.4, 0.5) is 5.82 Å². The molecule has 0 spiro atoms. The molecular formula is C11H18N4O2S. The van der Waals surface area contributed by atoms with Gasteiger partial charge in [-0.3, -0.25) is 5.10 Å². The molecule has 0 aromatic carbocycles. The standard InChI is InChI=1S/C11H18N4O2S/c1-18(16,17)9-3-2-8-10(9)13-14-11(8)15-6-4-12-5-7-15/h9,12H,2-7H2,1H3,(H,13,14). The molecule has 2 aliphatic rings. The van der Waals surface area contributed by atoms with E-state index in [0.29, 0.717) is 6.42 Å². The van der Waals surface area contributed by atoms with Crippen molar-refractivity contribution >= 4 is 15.7 Å². The Labute approximate surface area is 107 Å². The lowest BCUT2D eigenvalue weighted by molar-refractivity contribution is 0.580. The molecule has 100 valence electrons. The lowest BCUT2D eigenvalue weighted by Crippen LogP contribution is -2.44. The van der Waals surface area contributed by atoms with Crippen LogP contribution in [0.5, 0.6) is 0 Å². The predicted molar refractivity (Wildman–Crippen MR) is 69.6 cm³/mol. The molecule has 1 saturated heterocycles. The zero-order valence-corrected chi connectivity index (χ0v) is 11.3. The summed E-state index contributed by atoms with van der Waals surface area (Å²) in [5.41, 5.74) is 1.92. The van der Waals surface area contributed by atoms with Crippen LogP contribution >= 0.6 is 0 Å². The number of anilines is 1. The largest absolute Gasteiger partial charge is 0.352 e. The van der Waals surface area contributed by atoms with Crippen LogP contribution in [0, 0.1) is 0 Å². The van der Waals surface area contributed by atoms with Crippen molar-refractivity contribution in [3.63, 3.8) is 0 Å². The topological polar surface area (TPSA) is 78.1 Å². The van der Waals surface area contributed by atoms with E-state index in [1.54, 1.807) is 0 Å². The van der Waals surface area contributed by atoms with Crippen LogP contribution in [0.25, 0.3) is 0 Å². The first kappa shape index (κ1) is 12.0. The van der Waals surface area contributed by atoms with E-state index in [9.17, 15) is 8.42 Å². The van der Waals surface area contributed by atoms with Crippen molar-refractivity contribution in [2.24, 2.45) is 0 Å². The molecule has 0 radical (unpaired) electrons. The van der Waals surface area contributed by atoms with E-state index >= 15 is 0 Å². The van der Waals surface area contributed by atoms with Crippen LogP contribution < -0.4 is 10.2 Å². The Morgan fingerprint density at radius 2 is 2.06 bits per heavy atom. The molecular weight excluding hydrogens is 252 g/mol. The maximum atomic E-state index is 11.7. The Morgan fingerprint density at radius 1 is 1.33 bits per heavy atom. The molecule has 6 nitrogen and oxygen atoms in total. The fourth-order valence-corrected chi connectivity index (χ4v) is 4.04. The molecule has 1 atom stereocenters. The summed E-state index contributed by atoms with van der Waals surface area (Å²) in [6.45, 7) is 3.77. The fourth-order valence-electron chi connectivity index (χ4n) is 2.87. The van der Waals surface area contributed by atoms with E-state index in [-0.39, 0.29) is 0 Å². The molecule has 1 aromatic rings. The number of hydrogen-bond donors (Lipinski definition) is 2.